The highest BCUT2D eigenvalue weighted by molar-refractivity contribution is 5.85. The summed E-state index contributed by atoms with van der Waals surface area (Å²) in [6, 6.07) is 6.37. The predicted octanol–water partition coefficient (Wildman–Crippen LogP) is 2.01. The molecule has 0 heterocycles. The van der Waals surface area contributed by atoms with Gasteiger partial charge >= 0.3 is 0 Å². The number of benzene rings is 1. The fourth-order valence-electron chi connectivity index (χ4n) is 2.05. The minimum absolute atomic E-state index is 0. The molecule has 1 rings (SSSR count). The van der Waals surface area contributed by atoms with Gasteiger partial charge in [0, 0.05) is 33.2 Å². The second kappa shape index (κ2) is 11.5. The fraction of sp³-hybridized carbons (Fsp3) is 0.562. The van der Waals surface area contributed by atoms with E-state index in [2.05, 4.69) is 42.7 Å². The Kier molecular flexibility index (Phi) is 10.9. The molecule has 2 N–H and O–H groups in total. The Labute approximate surface area is 134 Å². The normalized spacial score (nSPS) is 10.0. The molecule has 0 aliphatic rings. The van der Waals surface area contributed by atoms with Gasteiger partial charge < -0.3 is 15.4 Å². The molecule has 1 aromatic carbocycles. The average Bonchev–Trinajstić information content (AvgIpc) is 2.41. The molecule has 0 saturated carbocycles. The van der Waals surface area contributed by atoms with E-state index in [0.29, 0.717) is 19.6 Å². The van der Waals surface area contributed by atoms with Crippen LogP contribution in [0.25, 0.3) is 0 Å². The van der Waals surface area contributed by atoms with Gasteiger partial charge in [-0.15, -0.1) is 12.4 Å². The second-order valence-electron chi connectivity index (χ2n) is 5.02. The standard InChI is InChI=1S/C16H26N2O2.ClH/c1-13-4-5-15(14(2)12-13)6-7-16(19)18-9-8-17-10-11-20-3;/h4-5,12,17H,6-11H2,1-3H3,(H,18,19);1H. The molecule has 0 saturated heterocycles. The maximum absolute atomic E-state index is 11.7. The summed E-state index contributed by atoms with van der Waals surface area (Å²) in [7, 11) is 1.68. The van der Waals surface area contributed by atoms with Crippen LogP contribution in [0.3, 0.4) is 0 Å². The number of nitrogens with one attached hydrogen (secondary N) is 2. The van der Waals surface area contributed by atoms with Gasteiger partial charge in [-0.3, -0.25) is 4.79 Å². The SMILES string of the molecule is COCCNCCNC(=O)CCc1ccc(C)cc1C.Cl. The number of rotatable bonds is 9. The lowest BCUT2D eigenvalue weighted by Crippen LogP contribution is -2.33. The smallest absolute Gasteiger partial charge is 0.220 e. The lowest BCUT2D eigenvalue weighted by molar-refractivity contribution is -0.121. The minimum atomic E-state index is 0. The summed E-state index contributed by atoms with van der Waals surface area (Å²) in [5.41, 5.74) is 3.78. The molecule has 0 radical (unpaired) electrons. The molecule has 0 fully saturated rings. The molecule has 4 nitrogen and oxygen atoms in total. The van der Waals surface area contributed by atoms with Crippen molar-refractivity contribution in [1.82, 2.24) is 10.6 Å². The number of methoxy groups -OCH3 is 1. The topological polar surface area (TPSA) is 50.4 Å². The Morgan fingerprint density at radius 3 is 2.62 bits per heavy atom. The third-order valence-electron chi connectivity index (χ3n) is 3.23. The number of aryl methyl sites for hydroxylation is 3. The average molecular weight is 315 g/mol. The third-order valence-corrected chi connectivity index (χ3v) is 3.23. The van der Waals surface area contributed by atoms with Crippen LogP contribution in [0.5, 0.6) is 0 Å². The van der Waals surface area contributed by atoms with Crippen LogP contribution in [0.2, 0.25) is 0 Å². The second-order valence-corrected chi connectivity index (χ2v) is 5.02. The molecule has 0 atom stereocenters. The van der Waals surface area contributed by atoms with E-state index in [1.807, 2.05) is 0 Å². The van der Waals surface area contributed by atoms with Crippen LogP contribution in [-0.2, 0) is 16.0 Å². The van der Waals surface area contributed by atoms with Crippen LogP contribution in [0.1, 0.15) is 23.1 Å². The van der Waals surface area contributed by atoms with Crippen molar-refractivity contribution in [2.75, 3.05) is 33.4 Å². The molecule has 0 aliphatic heterocycles. The molecule has 21 heavy (non-hydrogen) atoms. The summed E-state index contributed by atoms with van der Waals surface area (Å²) in [6.45, 7) is 7.13. The molecule has 0 spiro atoms. The van der Waals surface area contributed by atoms with Gasteiger partial charge in [0.1, 0.15) is 0 Å². The van der Waals surface area contributed by atoms with Gasteiger partial charge in [0.25, 0.3) is 0 Å². The quantitative estimate of drug-likeness (QED) is 0.686. The zero-order chi connectivity index (χ0) is 14.8. The zero-order valence-electron chi connectivity index (χ0n) is 13.2. The van der Waals surface area contributed by atoms with Gasteiger partial charge in [0.05, 0.1) is 6.61 Å². The number of amides is 1. The van der Waals surface area contributed by atoms with Crippen molar-refractivity contribution in [2.45, 2.75) is 26.7 Å². The Morgan fingerprint density at radius 2 is 1.95 bits per heavy atom. The third kappa shape index (κ3) is 8.71. The van der Waals surface area contributed by atoms with Gasteiger partial charge in [-0.25, -0.2) is 0 Å². The van der Waals surface area contributed by atoms with Crippen molar-refractivity contribution in [3.63, 3.8) is 0 Å². The summed E-state index contributed by atoms with van der Waals surface area (Å²) in [5.74, 6) is 0.110. The molecule has 1 aromatic rings. The van der Waals surface area contributed by atoms with Crippen molar-refractivity contribution < 1.29 is 9.53 Å². The molecule has 0 aliphatic carbocycles. The summed E-state index contributed by atoms with van der Waals surface area (Å²) in [5, 5.41) is 6.11. The van der Waals surface area contributed by atoms with Crippen molar-refractivity contribution >= 4 is 18.3 Å². The number of carbonyl (C=O) groups is 1. The molecule has 5 heteroatoms. The maximum Gasteiger partial charge on any atom is 0.220 e. The largest absolute Gasteiger partial charge is 0.383 e. The molecule has 0 unspecified atom stereocenters. The highest BCUT2D eigenvalue weighted by Gasteiger charge is 2.04. The van der Waals surface area contributed by atoms with Gasteiger partial charge in [0.15, 0.2) is 0 Å². The summed E-state index contributed by atoms with van der Waals surface area (Å²) >= 11 is 0. The number of hydrogen-bond donors (Lipinski definition) is 2. The molecule has 1 amide bonds. The molecule has 0 aromatic heterocycles. The molecular formula is C16H27ClN2O2. The first-order chi connectivity index (χ1) is 9.63. The predicted molar refractivity (Wildman–Crippen MR) is 89.2 cm³/mol. The van der Waals surface area contributed by atoms with Gasteiger partial charge in [0.2, 0.25) is 5.91 Å². The van der Waals surface area contributed by atoms with Crippen molar-refractivity contribution in [3.05, 3.63) is 34.9 Å². The molecular weight excluding hydrogens is 288 g/mol. The summed E-state index contributed by atoms with van der Waals surface area (Å²) in [6.07, 6.45) is 1.34. The van der Waals surface area contributed by atoms with Crippen LogP contribution in [0, 0.1) is 13.8 Å². The van der Waals surface area contributed by atoms with Crippen LogP contribution >= 0.6 is 12.4 Å². The van der Waals surface area contributed by atoms with Crippen LogP contribution < -0.4 is 10.6 Å². The van der Waals surface area contributed by atoms with E-state index < -0.39 is 0 Å². The van der Waals surface area contributed by atoms with E-state index in [0.717, 1.165) is 19.5 Å². The van der Waals surface area contributed by atoms with E-state index in [4.69, 9.17) is 4.74 Å². The Balaban J connectivity index is 0.00000400. The summed E-state index contributed by atoms with van der Waals surface area (Å²) < 4.78 is 4.93. The van der Waals surface area contributed by atoms with Crippen molar-refractivity contribution in [3.8, 4) is 0 Å². The van der Waals surface area contributed by atoms with Gasteiger partial charge in [-0.05, 0) is 31.4 Å². The Bertz CT molecular complexity index is 425. The lowest BCUT2D eigenvalue weighted by atomic mass is 10.0. The van der Waals surface area contributed by atoms with E-state index in [1.54, 1.807) is 7.11 Å². The van der Waals surface area contributed by atoms with Crippen molar-refractivity contribution in [1.29, 1.82) is 0 Å². The van der Waals surface area contributed by atoms with Crippen molar-refractivity contribution in [2.24, 2.45) is 0 Å². The molecule has 0 bridgehead atoms. The Hall–Kier alpha value is -1.10. The number of halogens is 1. The molecule has 120 valence electrons. The lowest BCUT2D eigenvalue weighted by Gasteiger charge is -2.08. The number of carbonyl (C=O) groups excluding carboxylic acids is 1. The summed E-state index contributed by atoms with van der Waals surface area (Å²) in [4.78, 5) is 11.7. The number of ether oxygens (including phenoxy) is 1. The monoisotopic (exact) mass is 314 g/mol. The van der Waals surface area contributed by atoms with Crippen LogP contribution in [-0.4, -0.2) is 39.3 Å². The Morgan fingerprint density at radius 1 is 1.19 bits per heavy atom. The van der Waals surface area contributed by atoms with Gasteiger partial charge in [-0.2, -0.15) is 0 Å². The van der Waals surface area contributed by atoms with Crippen LogP contribution in [0.15, 0.2) is 18.2 Å². The highest BCUT2D eigenvalue weighted by Crippen LogP contribution is 2.12. The van der Waals surface area contributed by atoms with E-state index in [9.17, 15) is 4.79 Å². The van der Waals surface area contributed by atoms with E-state index in [1.165, 1.54) is 16.7 Å². The van der Waals surface area contributed by atoms with E-state index >= 15 is 0 Å². The van der Waals surface area contributed by atoms with E-state index in [-0.39, 0.29) is 18.3 Å². The van der Waals surface area contributed by atoms with Gasteiger partial charge in [-0.1, -0.05) is 23.8 Å². The first-order valence-electron chi connectivity index (χ1n) is 7.16. The fourth-order valence-corrected chi connectivity index (χ4v) is 2.05. The first kappa shape index (κ1) is 19.9. The highest BCUT2D eigenvalue weighted by atomic mass is 35.5. The first-order valence-corrected chi connectivity index (χ1v) is 7.16. The zero-order valence-corrected chi connectivity index (χ0v) is 14.0. The number of hydrogen-bond acceptors (Lipinski definition) is 3. The van der Waals surface area contributed by atoms with Crippen LogP contribution in [0.4, 0.5) is 0 Å². The maximum atomic E-state index is 11.7. The minimum Gasteiger partial charge on any atom is -0.383 e.